The average molecular weight is 459 g/mol. The summed E-state index contributed by atoms with van der Waals surface area (Å²) in [5, 5.41) is 6.39. The van der Waals surface area contributed by atoms with Crippen LogP contribution in [-0.4, -0.2) is 10.9 Å². The number of ether oxygens (including phenoxy) is 1. The fourth-order valence-electron chi connectivity index (χ4n) is 2.70. The van der Waals surface area contributed by atoms with Crippen LogP contribution in [0.25, 0.3) is 10.6 Å². The largest absolute Gasteiger partial charge is 0.489 e. The minimum Gasteiger partial charge on any atom is -0.489 e. The van der Waals surface area contributed by atoms with Crippen LogP contribution in [0.1, 0.15) is 21.8 Å². The quantitative estimate of drug-likeness (QED) is 0.357. The maximum absolute atomic E-state index is 12.3. The number of hydrogen-bond donors (Lipinski definition) is 1. The van der Waals surface area contributed by atoms with Crippen molar-refractivity contribution in [3.05, 3.63) is 93.3 Å². The molecule has 0 fully saturated rings. The highest BCUT2D eigenvalue weighted by Gasteiger charge is 2.13. The third-order valence-corrected chi connectivity index (χ3v) is 5.71. The first-order chi connectivity index (χ1) is 14.6. The molecule has 2 aromatic heterocycles. The van der Waals surface area contributed by atoms with Gasteiger partial charge >= 0.3 is 0 Å². The number of thiazole rings is 1. The van der Waals surface area contributed by atoms with Crippen molar-refractivity contribution < 1.29 is 13.9 Å². The van der Waals surface area contributed by atoms with Crippen molar-refractivity contribution in [1.82, 2.24) is 10.3 Å². The Morgan fingerprint density at radius 3 is 2.83 bits per heavy atom. The topological polar surface area (TPSA) is 64.4 Å². The molecule has 1 N–H and O–H groups in total. The molecule has 0 aliphatic heterocycles. The lowest BCUT2D eigenvalue weighted by molar-refractivity contribution is 0.0944. The normalized spacial score (nSPS) is 10.7. The molecule has 0 radical (unpaired) electrons. The van der Waals surface area contributed by atoms with Crippen LogP contribution in [0.5, 0.6) is 5.75 Å². The summed E-state index contributed by atoms with van der Waals surface area (Å²) >= 11 is 13.5. The van der Waals surface area contributed by atoms with Crippen molar-refractivity contribution in [2.24, 2.45) is 0 Å². The second kappa shape index (κ2) is 9.34. The van der Waals surface area contributed by atoms with Crippen molar-refractivity contribution in [2.45, 2.75) is 13.2 Å². The van der Waals surface area contributed by atoms with Crippen molar-refractivity contribution in [1.29, 1.82) is 0 Å². The van der Waals surface area contributed by atoms with Gasteiger partial charge < -0.3 is 14.5 Å². The van der Waals surface area contributed by atoms with Gasteiger partial charge in [0.2, 0.25) is 0 Å². The number of nitrogens with zero attached hydrogens (tertiary/aromatic N) is 1. The monoisotopic (exact) mass is 458 g/mol. The van der Waals surface area contributed by atoms with Gasteiger partial charge in [0.05, 0.1) is 12.8 Å². The van der Waals surface area contributed by atoms with E-state index in [0.29, 0.717) is 40.4 Å². The molecule has 0 saturated carbocycles. The Balaban J connectivity index is 1.41. The van der Waals surface area contributed by atoms with Crippen molar-refractivity contribution in [3.63, 3.8) is 0 Å². The van der Waals surface area contributed by atoms with E-state index < -0.39 is 0 Å². The van der Waals surface area contributed by atoms with Crippen LogP contribution in [-0.2, 0) is 13.2 Å². The third-order valence-electron chi connectivity index (χ3n) is 4.23. The molecular formula is C22H16Cl2N2O3S. The van der Waals surface area contributed by atoms with Crippen LogP contribution in [0.4, 0.5) is 0 Å². The first-order valence-electron chi connectivity index (χ1n) is 9.02. The molecule has 4 rings (SSSR count). The summed E-state index contributed by atoms with van der Waals surface area (Å²) in [6.45, 7) is 0.632. The highest BCUT2D eigenvalue weighted by Crippen LogP contribution is 2.28. The Bertz CT molecular complexity index is 1160. The zero-order chi connectivity index (χ0) is 20.9. The van der Waals surface area contributed by atoms with Gasteiger partial charge in [0.25, 0.3) is 5.91 Å². The lowest BCUT2D eigenvalue weighted by Gasteiger charge is -2.09. The molecule has 30 heavy (non-hydrogen) atoms. The van der Waals surface area contributed by atoms with Crippen LogP contribution in [0.15, 0.2) is 70.7 Å². The summed E-state index contributed by atoms with van der Waals surface area (Å²) in [5.41, 5.74) is 2.07. The molecule has 0 spiro atoms. The standard InChI is InChI=1S/C22H16Cl2N2O3S/c23-16-7-6-15(19(24)10-16)12-29-17-4-1-3-14(9-17)22-26-20(13-30-22)21(27)25-11-18-5-2-8-28-18/h1-10,13H,11-12H2,(H,25,27). The molecular weight excluding hydrogens is 443 g/mol. The molecule has 0 atom stereocenters. The molecule has 152 valence electrons. The number of hydrogen-bond acceptors (Lipinski definition) is 5. The average Bonchev–Trinajstić information content (AvgIpc) is 3.44. The summed E-state index contributed by atoms with van der Waals surface area (Å²) in [6, 6.07) is 16.4. The molecule has 0 unspecified atom stereocenters. The first-order valence-corrected chi connectivity index (χ1v) is 10.7. The number of nitrogens with one attached hydrogen (secondary N) is 1. The van der Waals surface area contributed by atoms with E-state index in [1.165, 1.54) is 11.3 Å². The number of benzene rings is 2. The Morgan fingerprint density at radius 2 is 2.03 bits per heavy atom. The summed E-state index contributed by atoms with van der Waals surface area (Å²) in [4.78, 5) is 16.8. The van der Waals surface area contributed by atoms with Crippen LogP contribution in [0, 0.1) is 0 Å². The Morgan fingerprint density at radius 1 is 1.13 bits per heavy atom. The summed E-state index contributed by atoms with van der Waals surface area (Å²) in [6.07, 6.45) is 1.57. The molecule has 2 aromatic carbocycles. The summed E-state index contributed by atoms with van der Waals surface area (Å²) in [7, 11) is 0. The maximum atomic E-state index is 12.3. The van der Waals surface area contributed by atoms with Gasteiger partial charge in [0.1, 0.15) is 28.8 Å². The molecule has 0 saturated heterocycles. The van der Waals surface area contributed by atoms with Gasteiger partial charge in [-0.15, -0.1) is 11.3 Å². The second-order valence-corrected chi connectivity index (χ2v) is 8.05. The zero-order valence-electron chi connectivity index (χ0n) is 15.6. The molecule has 1 amide bonds. The Kier molecular flexibility index (Phi) is 6.38. The fourth-order valence-corrected chi connectivity index (χ4v) is 3.96. The van der Waals surface area contributed by atoms with E-state index in [0.717, 1.165) is 16.1 Å². The number of furan rings is 1. The number of carbonyl (C=O) groups excluding carboxylic acids is 1. The third kappa shape index (κ3) is 5.02. The van der Waals surface area contributed by atoms with Gasteiger partial charge in [-0.1, -0.05) is 41.4 Å². The zero-order valence-corrected chi connectivity index (χ0v) is 17.9. The molecule has 0 bridgehead atoms. The molecule has 0 aliphatic carbocycles. The van der Waals surface area contributed by atoms with Gasteiger partial charge in [-0.25, -0.2) is 4.98 Å². The van der Waals surface area contributed by atoms with Crippen LogP contribution < -0.4 is 10.1 Å². The lowest BCUT2D eigenvalue weighted by atomic mass is 10.2. The van der Waals surface area contributed by atoms with E-state index in [1.54, 1.807) is 35.9 Å². The molecule has 4 aromatic rings. The van der Waals surface area contributed by atoms with Crippen molar-refractivity contribution >= 4 is 40.4 Å². The van der Waals surface area contributed by atoms with Gasteiger partial charge in [0, 0.05) is 26.6 Å². The van der Waals surface area contributed by atoms with E-state index in [1.807, 2.05) is 30.3 Å². The summed E-state index contributed by atoms with van der Waals surface area (Å²) < 4.78 is 11.1. The number of aromatic nitrogens is 1. The van der Waals surface area contributed by atoms with E-state index in [4.69, 9.17) is 32.4 Å². The highest BCUT2D eigenvalue weighted by molar-refractivity contribution is 7.13. The van der Waals surface area contributed by atoms with Gasteiger partial charge in [-0.3, -0.25) is 4.79 Å². The van der Waals surface area contributed by atoms with Gasteiger partial charge in [-0.05, 0) is 36.4 Å². The van der Waals surface area contributed by atoms with E-state index in [-0.39, 0.29) is 5.91 Å². The minimum absolute atomic E-state index is 0.251. The fraction of sp³-hybridized carbons (Fsp3) is 0.0909. The van der Waals surface area contributed by atoms with Gasteiger partial charge in [-0.2, -0.15) is 0 Å². The lowest BCUT2D eigenvalue weighted by Crippen LogP contribution is -2.22. The van der Waals surface area contributed by atoms with Crippen molar-refractivity contribution in [2.75, 3.05) is 0 Å². The Hall–Kier alpha value is -2.80. The smallest absolute Gasteiger partial charge is 0.271 e. The predicted octanol–water partition coefficient (Wildman–Crippen LogP) is 6.22. The second-order valence-electron chi connectivity index (χ2n) is 6.35. The number of carbonyl (C=O) groups is 1. The van der Waals surface area contributed by atoms with E-state index in [9.17, 15) is 4.79 Å². The Labute approximate surface area is 187 Å². The van der Waals surface area contributed by atoms with Crippen LogP contribution in [0.3, 0.4) is 0 Å². The predicted molar refractivity (Wildman–Crippen MR) is 118 cm³/mol. The highest BCUT2D eigenvalue weighted by atomic mass is 35.5. The van der Waals surface area contributed by atoms with Crippen molar-refractivity contribution in [3.8, 4) is 16.3 Å². The maximum Gasteiger partial charge on any atom is 0.271 e. The number of halogens is 2. The molecule has 0 aliphatic rings. The molecule has 8 heteroatoms. The summed E-state index contributed by atoms with van der Waals surface area (Å²) in [5.74, 6) is 1.11. The van der Waals surface area contributed by atoms with Crippen LogP contribution >= 0.6 is 34.5 Å². The van der Waals surface area contributed by atoms with Crippen LogP contribution in [0.2, 0.25) is 10.0 Å². The first kappa shape index (κ1) is 20.5. The SMILES string of the molecule is O=C(NCc1ccco1)c1csc(-c2cccc(OCc3ccc(Cl)cc3Cl)c2)n1. The van der Waals surface area contributed by atoms with E-state index >= 15 is 0 Å². The molecule has 5 nitrogen and oxygen atoms in total. The minimum atomic E-state index is -0.251. The number of amides is 1. The van der Waals surface area contributed by atoms with E-state index in [2.05, 4.69) is 10.3 Å². The number of rotatable bonds is 7. The molecule has 2 heterocycles. The van der Waals surface area contributed by atoms with Gasteiger partial charge in [0.15, 0.2) is 0 Å².